The molecule has 0 aromatic heterocycles. The summed E-state index contributed by atoms with van der Waals surface area (Å²) < 4.78 is 5.14. The zero-order valence-corrected chi connectivity index (χ0v) is 8.18. The summed E-state index contributed by atoms with van der Waals surface area (Å²) in [5.41, 5.74) is 0. The quantitative estimate of drug-likeness (QED) is 0.634. The van der Waals surface area contributed by atoms with Gasteiger partial charge in [-0.1, -0.05) is 20.3 Å². The Balaban J connectivity index is 3.66. The van der Waals surface area contributed by atoms with Crippen molar-refractivity contribution < 1.29 is 4.74 Å². The van der Waals surface area contributed by atoms with Gasteiger partial charge in [-0.15, -0.1) is 0 Å². The fraction of sp³-hybridized carbons (Fsp3) is 1.00. The lowest BCUT2D eigenvalue weighted by Crippen LogP contribution is -2.27. The molecule has 1 N–H and O–H groups in total. The van der Waals surface area contributed by atoms with Crippen LogP contribution in [0.25, 0.3) is 0 Å². The van der Waals surface area contributed by atoms with E-state index in [2.05, 4.69) is 19.2 Å². The van der Waals surface area contributed by atoms with Crippen LogP contribution < -0.4 is 5.32 Å². The Hall–Kier alpha value is -0.0800. The van der Waals surface area contributed by atoms with E-state index in [4.69, 9.17) is 4.74 Å². The third kappa shape index (κ3) is 4.38. The fourth-order valence-electron chi connectivity index (χ4n) is 1.23. The highest BCUT2D eigenvalue weighted by Gasteiger charge is 2.13. The monoisotopic (exact) mass is 159 g/mol. The zero-order valence-electron chi connectivity index (χ0n) is 8.18. The fourth-order valence-corrected chi connectivity index (χ4v) is 1.23. The second-order valence-electron chi connectivity index (χ2n) is 3.16. The average Bonchev–Trinajstić information content (AvgIpc) is 2.03. The number of methoxy groups -OCH3 is 1. The van der Waals surface area contributed by atoms with Gasteiger partial charge in [0.05, 0.1) is 6.61 Å². The molecule has 2 atom stereocenters. The van der Waals surface area contributed by atoms with Gasteiger partial charge in [-0.25, -0.2) is 0 Å². The molecule has 0 aliphatic carbocycles. The highest BCUT2D eigenvalue weighted by Crippen LogP contribution is 2.14. The van der Waals surface area contributed by atoms with E-state index in [1.54, 1.807) is 7.11 Å². The van der Waals surface area contributed by atoms with E-state index in [1.165, 1.54) is 6.42 Å². The van der Waals surface area contributed by atoms with Gasteiger partial charge in [0.1, 0.15) is 0 Å². The molecule has 0 radical (unpaired) electrons. The molecule has 0 aromatic carbocycles. The van der Waals surface area contributed by atoms with Gasteiger partial charge in [-0.3, -0.25) is 0 Å². The molecule has 0 amide bonds. The van der Waals surface area contributed by atoms with Gasteiger partial charge in [-0.2, -0.15) is 0 Å². The predicted molar refractivity (Wildman–Crippen MR) is 48.7 cm³/mol. The molecule has 0 heterocycles. The molecule has 0 aliphatic rings. The van der Waals surface area contributed by atoms with E-state index in [0.717, 1.165) is 19.1 Å². The first-order valence-electron chi connectivity index (χ1n) is 4.39. The number of ether oxygens (including phenoxy) is 1. The second kappa shape index (κ2) is 6.62. The first-order valence-corrected chi connectivity index (χ1v) is 4.39. The SMILES string of the molecule is CCC(C)C(CNC)COC. The van der Waals surface area contributed by atoms with Crippen LogP contribution in [-0.2, 0) is 4.74 Å². The average molecular weight is 159 g/mol. The molecule has 0 aromatic rings. The number of rotatable bonds is 6. The summed E-state index contributed by atoms with van der Waals surface area (Å²) in [5.74, 6) is 1.41. The number of nitrogens with one attached hydrogen (secondary N) is 1. The van der Waals surface area contributed by atoms with Crippen molar-refractivity contribution in [2.24, 2.45) is 11.8 Å². The van der Waals surface area contributed by atoms with Gasteiger partial charge in [-0.05, 0) is 18.9 Å². The topological polar surface area (TPSA) is 21.3 Å². The third-order valence-corrected chi connectivity index (χ3v) is 2.30. The molecule has 0 spiro atoms. The molecule has 0 bridgehead atoms. The molecular weight excluding hydrogens is 138 g/mol. The summed E-state index contributed by atoms with van der Waals surface area (Å²) in [6, 6.07) is 0. The second-order valence-corrected chi connectivity index (χ2v) is 3.16. The largest absolute Gasteiger partial charge is 0.384 e. The van der Waals surface area contributed by atoms with Gasteiger partial charge in [0.25, 0.3) is 0 Å². The lowest BCUT2D eigenvalue weighted by Gasteiger charge is -2.21. The third-order valence-electron chi connectivity index (χ3n) is 2.30. The maximum absolute atomic E-state index is 5.14. The molecule has 0 saturated heterocycles. The van der Waals surface area contributed by atoms with Crippen molar-refractivity contribution in [3.8, 4) is 0 Å². The maximum atomic E-state index is 5.14. The van der Waals surface area contributed by atoms with Crippen LogP contribution in [0.5, 0.6) is 0 Å². The van der Waals surface area contributed by atoms with E-state index in [9.17, 15) is 0 Å². The molecule has 2 heteroatoms. The van der Waals surface area contributed by atoms with E-state index >= 15 is 0 Å². The summed E-state index contributed by atoms with van der Waals surface area (Å²) in [6.07, 6.45) is 1.23. The van der Waals surface area contributed by atoms with E-state index in [1.807, 2.05) is 7.05 Å². The minimum absolute atomic E-state index is 0.662. The first-order chi connectivity index (χ1) is 5.26. The summed E-state index contributed by atoms with van der Waals surface area (Å²) in [4.78, 5) is 0. The minimum atomic E-state index is 0.662. The Kier molecular flexibility index (Phi) is 6.57. The van der Waals surface area contributed by atoms with Crippen molar-refractivity contribution in [2.45, 2.75) is 20.3 Å². The van der Waals surface area contributed by atoms with Gasteiger partial charge < -0.3 is 10.1 Å². The summed E-state index contributed by atoms with van der Waals surface area (Å²) in [5, 5.41) is 3.19. The zero-order chi connectivity index (χ0) is 8.69. The molecule has 0 aliphatic heterocycles. The van der Waals surface area contributed by atoms with Gasteiger partial charge >= 0.3 is 0 Å². The van der Waals surface area contributed by atoms with Crippen LogP contribution in [0.2, 0.25) is 0 Å². The van der Waals surface area contributed by atoms with Crippen LogP contribution in [0.1, 0.15) is 20.3 Å². The molecule has 2 unspecified atom stereocenters. The normalized spacial score (nSPS) is 16.4. The lowest BCUT2D eigenvalue weighted by molar-refractivity contribution is 0.123. The van der Waals surface area contributed by atoms with Crippen LogP contribution in [-0.4, -0.2) is 27.3 Å². The molecule has 0 saturated carbocycles. The molecular formula is C9H21NO. The molecule has 68 valence electrons. The standard InChI is InChI=1S/C9H21NO/c1-5-8(2)9(6-10-3)7-11-4/h8-10H,5-7H2,1-4H3. The van der Waals surface area contributed by atoms with Crippen molar-refractivity contribution in [2.75, 3.05) is 27.3 Å². The Labute approximate surface area is 70.3 Å². The van der Waals surface area contributed by atoms with Crippen LogP contribution >= 0.6 is 0 Å². The van der Waals surface area contributed by atoms with Crippen molar-refractivity contribution >= 4 is 0 Å². The van der Waals surface area contributed by atoms with E-state index in [-0.39, 0.29) is 0 Å². The first kappa shape index (κ1) is 10.9. The van der Waals surface area contributed by atoms with E-state index < -0.39 is 0 Å². The van der Waals surface area contributed by atoms with Crippen LogP contribution in [0.3, 0.4) is 0 Å². The summed E-state index contributed by atoms with van der Waals surface area (Å²) >= 11 is 0. The molecule has 2 nitrogen and oxygen atoms in total. The summed E-state index contributed by atoms with van der Waals surface area (Å²) in [7, 11) is 3.76. The highest BCUT2D eigenvalue weighted by atomic mass is 16.5. The Morgan fingerprint density at radius 2 is 2.09 bits per heavy atom. The summed E-state index contributed by atoms with van der Waals surface area (Å²) in [6.45, 7) is 6.43. The van der Waals surface area contributed by atoms with Gasteiger partial charge in [0, 0.05) is 13.7 Å². The van der Waals surface area contributed by atoms with Gasteiger partial charge in [0.15, 0.2) is 0 Å². The predicted octanol–water partition coefficient (Wildman–Crippen LogP) is 1.51. The van der Waals surface area contributed by atoms with Crippen molar-refractivity contribution in [3.63, 3.8) is 0 Å². The molecule has 11 heavy (non-hydrogen) atoms. The van der Waals surface area contributed by atoms with Crippen LogP contribution in [0.4, 0.5) is 0 Å². The maximum Gasteiger partial charge on any atom is 0.0505 e. The van der Waals surface area contributed by atoms with Gasteiger partial charge in [0.2, 0.25) is 0 Å². The van der Waals surface area contributed by atoms with Crippen molar-refractivity contribution in [1.82, 2.24) is 5.32 Å². The lowest BCUT2D eigenvalue weighted by atomic mass is 9.92. The number of hydrogen-bond acceptors (Lipinski definition) is 2. The minimum Gasteiger partial charge on any atom is -0.384 e. The molecule has 0 rings (SSSR count). The van der Waals surface area contributed by atoms with Crippen LogP contribution in [0, 0.1) is 11.8 Å². The Morgan fingerprint density at radius 1 is 1.45 bits per heavy atom. The van der Waals surface area contributed by atoms with Crippen molar-refractivity contribution in [1.29, 1.82) is 0 Å². The number of hydrogen-bond donors (Lipinski definition) is 1. The Morgan fingerprint density at radius 3 is 2.45 bits per heavy atom. The smallest absolute Gasteiger partial charge is 0.0505 e. The van der Waals surface area contributed by atoms with Crippen molar-refractivity contribution in [3.05, 3.63) is 0 Å². The van der Waals surface area contributed by atoms with E-state index in [0.29, 0.717) is 5.92 Å². The highest BCUT2D eigenvalue weighted by molar-refractivity contribution is 4.66. The Bertz CT molecular complexity index is 79.6. The molecule has 0 fully saturated rings. The van der Waals surface area contributed by atoms with Crippen LogP contribution in [0.15, 0.2) is 0 Å².